The maximum absolute atomic E-state index is 12.9. The molecule has 3 aromatic rings. The zero-order chi connectivity index (χ0) is 25.2. The number of aromatic nitrogens is 2. The Balaban J connectivity index is 1.40. The third-order valence-corrected chi connectivity index (χ3v) is 7.62. The molecular formula is C28H31N5O3. The molecule has 8 heteroatoms. The molecule has 5 rings (SSSR count). The van der Waals surface area contributed by atoms with E-state index in [-0.39, 0.29) is 17.7 Å². The number of anilines is 1. The molecule has 0 spiro atoms. The van der Waals surface area contributed by atoms with Crippen molar-refractivity contribution in [2.24, 2.45) is 13.0 Å². The van der Waals surface area contributed by atoms with Crippen molar-refractivity contribution in [2.45, 2.75) is 44.4 Å². The molecular weight excluding hydrogens is 454 g/mol. The fraction of sp³-hybridized carbons (Fsp3) is 0.429. The van der Waals surface area contributed by atoms with Gasteiger partial charge in [0, 0.05) is 37.8 Å². The van der Waals surface area contributed by atoms with Crippen LogP contribution in [0.5, 0.6) is 5.75 Å². The Hall–Kier alpha value is -3.86. The van der Waals surface area contributed by atoms with Gasteiger partial charge in [-0.3, -0.25) is 9.59 Å². The van der Waals surface area contributed by atoms with Gasteiger partial charge >= 0.3 is 0 Å². The van der Waals surface area contributed by atoms with E-state index >= 15 is 0 Å². The lowest BCUT2D eigenvalue weighted by Gasteiger charge is -2.33. The molecule has 0 unspecified atom stereocenters. The predicted octanol–water partition coefficient (Wildman–Crippen LogP) is 4.60. The van der Waals surface area contributed by atoms with Crippen LogP contribution in [0.3, 0.4) is 0 Å². The van der Waals surface area contributed by atoms with Crippen LogP contribution in [-0.4, -0.2) is 46.5 Å². The Morgan fingerprint density at radius 1 is 1.17 bits per heavy atom. The highest BCUT2D eigenvalue weighted by molar-refractivity contribution is 6.07. The van der Waals surface area contributed by atoms with E-state index in [4.69, 9.17) is 10.00 Å². The smallest absolute Gasteiger partial charge is 0.255 e. The fourth-order valence-electron chi connectivity index (χ4n) is 5.72. The monoisotopic (exact) mass is 485 g/mol. The van der Waals surface area contributed by atoms with Gasteiger partial charge < -0.3 is 19.5 Å². The van der Waals surface area contributed by atoms with Crippen LogP contribution in [-0.2, 0) is 11.8 Å². The lowest BCUT2D eigenvalue weighted by molar-refractivity contribution is -0.136. The normalized spacial score (nSPS) is 16.8. The van der Waals surface area contributed by atoms with Gasteiger partial charge in [0.2, 0.25) is 5.91 Å². The van der Waals surface area contributed by atoms with Gasteiger partial charge in [0.1, 0.15) is 11.3 Å². The molecule has 1 aromatic carbocycles. The molecule has 0 bridgehead atoms. The minimum atomic E-state index is -0.331. The van der Waals surface area contributed by atoms with E-state index in [0.717, 1.165) is 68.2 Å². The van der Waals surface area contributed by atoms with Crippen molar-refractivity contribution in [3.8, 4) is 11.8 Å². The maximum atomic E-state index is 12.9. The van der Waals surface area contributed by atoms with Crippen LogP contribution in [0, 0.1) is 17.2 Å². The van der Waals surface area contributed by atoms with Gasteiger partial charge in [0.25, 0.3) is 5.91 Å². The van der Waals surface area contributed by atoms with Crippen LogP contribution >= 0.6 is 0 Å². The molecule has 2 aromatic heterocycles. The molecule has 1 aliphatic heterocycles. The number of ether oxygens (including phenoxy) is 1. The number of methoxy groups -OCH3 is 1. The number of fused-ring (bicyclic) bond motifs is 1. The summed E-state index contributed by atoms with van der Waals surface area (Å²) in [5.74, 6) is 1.06. The molecule has 1 saturated heterocycles. The fourth-order valence-corrected chi connectivity index (χ4v) is 5.72. The minimum Gasteiger partial charge on any atom is -0.494 e. The first-order valence-electron chi connectivity index (χ1n) is 12.6. The lowest BCUT2D eigenvalue weighted by atomic mass is 9.88. The molecule has 186 valence electrons. The molecule has 0 radical (unpaired) electrons. The zero-order valence-electron chi connectivity index (χ0n) is 20.8. The molecule has 3 heterocycles. The number of nitrogens with zero attached hydrogens (tertiary/aromatic N) is 4. The Labute approximate surface area is 210 Å². The third kappa shape index (κ3) is 4.41. The van der Waals surface area contributed by atoms with E-state index in [0.29, 0.717) is 28.5 Å². The summed E-state index contributed by atoms with van der Waals surface area (Å²) in [7, 11) is 3.56. The van der Waals surface area contributed by atoms with Gasteiger partial charge in [-0.05, 0) is 55.4 Å². The molecule has 8 nitrogen and oxygen atoms in total. The number of amides is 2. The number of hydrogen-bond donors (Lipinski definition) is 1. The summed E-state index contributed by atoms with van der Waals surface area (Å²) < 4.78 is 7.82. The van der Waals surface area contributed by atoms with Crippen LogP contribution in [0.1, 0.15) is 65.9 Å². The van der Waals surface area contributed by atoms with Crippen LogP contribution in [0.4, 0.5) is 5.69 Å². The predicted molar refractivity (Wildman–Crippen MR) is 137 cm³/mol. The van der Waals surface area contributed by atoms with E-state index in [1.54, 1.807) is 37.6 Å². The van der Waals surface area contributed by atoms with E-state index in [2.05, 4.69) is 22.6 Å². The topological polar surface area (TPSA) is 100 Å². The van der Waals surface area contributed by atoms with Crippen molar-refractivity contribution in [1.82, 2.24) is 14.5 Å². The summed E-state index contributed by atoms with van der Waals surface area (Å²) in [5, 5.41) is 13.0. The second kappa shape index (κ2) is 10.0. The van der Waals surface area contributed by atoms with Crippen molar-refractivity contribution < 1.29 is 14.3 Å². The number of nitriles is 1. The maximum Gasteiger partial charge on any atom is 0.255 e. The van der Waals surface area contributed by atoms with Gasteiger partial charge in [-0.15, -0.1) is 0 Å². The van der Waals surface area contributed by atoms with Gasteiger partial charge in [-0.2, -0.15) is 5.26 Å². The Morgan fingerprint density at radius 2 is 1.92 bits per heavy atom. The van der Waals surface area contributed by atoms with Crippen LogP contribution < -0.4 is 10.1 Å². The minimum absolute atomic E-state index is 0.212. The molecule has 2 aliphatic rings. The Kier molecular flexibility index (Phi) is 6.64. The van der Waals surface area contributed by atoms with E-state index in [9.17, 15) is 9.59 Å². The Bertz CT molecular complexity index is 1340. The second-order valence-electron chi connectivity index (χ2n) is 9.83. The number of piperidine rings is 1. The lowest BCUT2D eigenvalue weighted by Crippen LogP contribution is -2.40. The summed E-state index contributed by atoms with van der Waals surface area (Å²) in [6, 6.07) is 8.63. The largest absolute Gasteiger partial charge is 0.494 e. The van der Waals surface area contributed by atoms with Crippen LogP contribution in [0.2, 0.25) is 0 Å². The highest BCUT2D eigenvalue weighted by Crippen LogP contribution is 2.41. The zero-order valence-corrected chi connectivity index (χ0v) is 20.8. The summed E-state index contributed by atoms with van der Waals surface area (Å²) in [5.41, 5.74) is 3.22. The van der Waals surface area contributed by atoms with Gasteiger partial charge in [-0.1, -0.05) is 18.9 Å². The first kappa shape index (κ1) is 23.9. The third-order valence-electron chi connectivity index (χ3n) is 7.62. The van der Waals surface area contributed by atoms with Crippen molar-refractivity contribution >= 4 is 28.5 Å². The van der Waals surface area contributed by atoms with E-state index < -0.39 is 0 Å². The number of aryl methyl sites for hydroxylation is 1. The number of nitrogens with one attached hydrogen (secondary N) is 1. The number of benzene rings is 1. The molecule has 0 atom stereocenters. The summed E-state index contributed by atoms with van der Waals surface area (Å²) >= 11 is 0. The van der Waals surface area contributed by atoms with Gasteiger partial charge in [0.15, 0.2) is 5.75 Å². The van der Waals surface area contributed by atoms with E-state index in [1.165, 1.54) is 0 Å². The number of carbonyl (C=O) groups is 2. The van der Waals surface area contributed by atoms with Crippen molar-refractivity contribution in [2.75, 3.05) is 25.5 Å². The quantitative estimate of drug-likeness (QED) is 0.569. The first-order valence-corrected chi connectivity index (χ1v) is 12.6. The molecule has 36 heavy (non-hydrogen) atoms. The summed E-state index contributed by atoms with van der Waals surface area (Å²) in [6.07, 6.45) is 9.87. The van der Waals surface area contributed by atoms with Gasteiger partial charge in [-0.25, -0.2) is 4.98 Å². The molecule has 1 aliphatic carbocycles. The highest BCUT2D eigenvalue weighted by atomic mass is 16.5. The average Bonchev–Trinajstić information content (AvgIpc) is 3.57. The molecule has 1 N–H and O–H groups in total. The number of rotatable bonds is 5. The number of likely N-dealkylation sites (tertiary alicyclic amines) is 1. The van der Waals surface area contributed by atoms with Crippen LogP contribution in [0.25, 0.3) is 11.0 Å². The Morgan fingerprint density at radius 3 is 2.61 bits per heavy atom. The van der Waals surface area contributed by atoms with E-state index in [1.807, 2.05) is 16.5 Å². The standard InChI is InChI=1S/C28H31N5O3/c1-32-17-22(19-10-12-33(13-11-19)28(35)20-7-3-4-8-20)24-25(36-2)23(16-30-26(24)32)31-27(34)21-9-5-6-18(14-21)15-29/h5-6,9,14,16-17,19-20H,3-4,7-8,10-13H2,1-2H3,(H,31,34). The SMILES string of the molecule is COc1c(NC(=O)c2cccc(C#N)c2)cnc2c1c(C1CCN(C(=O)C3CCCC3)CC1)cn2C. The highest BCUT2D eigenvalue weighted by Gasteiger charge is 2.32. The number of pyridine rings is 1. The van der Waals surface area contributed by atoms with Crippen molar-refractivity contribution in [3.05, 3.63) is 53.3 Å². The number of carbonyl (C=O) groups excluding carboxylic acids is 2. The summed E-state index contributed by atoms with van der Waals surface area (Å²) in [4.78, 5) is 32.5. The second-order valence-corrected chi connectivity index (χ2v) is 9.83. The van der Waals surface area contributed by atoms with Crippen molar-refractivity contribution in [1.29, 1.82) is 5.26 Å². The molecule has 2 fully saturated rings. The summed E-state index contributed by atoms with van der Waals surface area (Å²) in [6.45, 7) is 1.52. The van der Waals surface area contributed by atoms with Crippen LogP contribution in [0.15, 0.2) is 36.7 Å². The molecule has 2 amide bonds. The van der Waals surface area contributed by atoms with Crippen molar-refractivity contribution in [3.63, 3.8) is 0 Å². The van der Waals surface area contributed by atoms with Gasteiger partial charge in [0.05, 0.1) is 30.3 Å². The number of hydrogen-bond acceptors (Lipinski definition) is 5. The average molecular weight is 486 g/mol. The molecule has 1 saturated carbocycles. The first-order chi connectivity index (χ1) is 17.5.